The van der Waals surface area contributed by atoms with Crippen molar-refractivity contribution in [2.75, 3.05) is 12.5 Å². The first-order valence-electron chi connectivity index (χ1n) is 4.39. The Morgan fingerprint density at radius 1 is 1.44 bits per heavy atom. The fraction of sp³-hybridized carbons (Fsp3) is 0.300. The number of nitrogens with zero attached hydrogens (tertiary/aromatic N) is 1. The van der Waals surface area contributed by atoms with E-state index < -0.39 is 9.84 Å². The lowest BCUT2D eigenvalue weighted by molar-refractivity contribution is 0.562. The predicted octanol–water partition coefficient (Wildman–Crippen LogP) is 1.65. The number of sulfone groups is 1. The van der Waals surface area contributed by atoms with Crippen LogP contribution in [0.25, 0.3) is 0 Å². The van der Waals surface area contributed by atoms with Gasteiger partial charge in [0.05, 0.1) is 11.4 Å². The molecule has 16 heavy (non-hydrogen) atoms. The number of isocyanates is 1. The number of benzene rings is 1. The van der Waals surface area contributed by atoms with Crippen molar-refractivity contribution in [2.24, 2.45) is 4.99 Å². The van der Waals surface area contributed by atoms with Crippen molar-refractivity contribution in [1.29, 1.82) is 0 Å². The van der Waals surface area contributed by atoms with Gasteiger partial charge in [0, 0.05) is 11.2 Å². The van der Waals surface area contributed by atoms with Crippen LogP contribution in [-0.2, 0) is 21.2 Å². The van der Waals surface area contributed by atoms with Crippen LogP contribution in [0.3, 0.4) is 0 Å². The van der Waals surface area contributed by atoms with Crippen LogP contribution in [0.4, 0.5) is 0 Å². The Balaban J connectivity index is 3.27. The average molecular weight is 257 g/mol. The molecule has 0 heterocycles. The number of hydrogen-bond donors (Lipinski definition) is 0. The van der Waals surface area contributed by atoms with Crippen LogP contribution >= 0.6 is 11.8 Å². The largest absolute Gasteiger partial charge is 0.235 e. The topological polar surface area (TPSA) is 63.6 Å². The van der Waals surface area contributed by atoms with Crippen LogP contribution in [0, 0.1) is 0 Å². The van der Waals surface area contributed by atoms with Gasteiger partial charge in [0.25, 0.3) is 0 Å². The molecule has 0 fully saturated rings. The van der Waals surface area contributed by atoms with Crippen molar-refractivity contribution in [3.05, 3.63) is 23.8 Å². The minimum Gasteiger partial charge on any atom is -0.224 e. The molecular formula is C10H11NO3S2. The molecule has 0 aliphatic carbocycles. The molecule has 1 aromatic carbocycles. The van der Waals surface area contributed by atoms with Crippen molar-refractivity contribution in [1.82, 2.24) is 0 Å². The van der Waals surface area contributed by atoms with Gasteiger partial charge in [-0.3, -0.25) is 0 Å². The minimum absolute atomic E-state index is 0.153. The van der Waals surface area contributed by atoms with E-state index in [0.717, 1.165) is 6.26 Å². The Morgan fingerprint density at radius 3 is 2.62 bits per heavy atom. The molecule has 0 spiro atoms. The summed E-state index contributed by atoms with van der Waals surface area (Å²) in [5.41, 5.74) is 0.682. The molecule has 0 radical (unpaired) electrons. The Kier molecular flexibility index (Phi) is 4.29. The molecule has 4 nitrogen and oxygen atoms in total. The Bertz CT molecular complexity index is 531. The number of carbonyl (C=O) groups excluding carboxylic acids is 1. The van der Waals surface area contributed by atoms with Crippen molar-refractivity contribution in [2.45, 2.75) is 16.3 Å². The van der Waals surface area contributed by atoms with Crippen molar-refractivity contribution in [3.8, 4) is 0 Å². The molecule has 0 saturated carbocycles. The highest BCUT2D eigenvalue weighted by Gasteiger charge is 2.13. The maximum absolute atomic E-state index is 11.5. The summed E-state index contributed by atoms with van der Waals surface area (Å²) in [5, 5.41) is 0. The maximum Gasteiger partial charge on any atom is 0.235 e. The summed E-state index contributed by atoms with van der Waals surface area (Å²) in [6.45, 7) is 0.153. The van der Waals surface area contributed by atoms with E-state index in [4.69, 9.17) is 0 Å². The lowest BCUT2D eigenvalue weighted by Crippen LogP contribution is -2.00. The maximum atomic E-state index is 11.5. The van der Waals surface area contributed by atoms with E-state index in [-0.39, 0.29) is 11.4 Å². The first-order valence-corrected chi connectivity index (χ1v) is 7.51. The van der Waals surface area contributed by atoms with Gasteiger partial charge < -0.3 is 0 Å². The van der Waals surface area contributed by atoms with E-state index in [2.05, 4.69) is 4.99 Å². The normalized spacial score (nSPS) is 10.9. The van der Waals surface area contributed by atoms with Gasteiger partial charge in [-0.1, -0.05) is 6.07 Å². The smallest absolute Gasteiger partial charge is 0.224 e. The molecule has 0 saturated heterocycles. The van der Waals surface area contributed by atoms with Crippen LogP contribution in [0.5, 0.6) is 0 Å². The third-order valence-electron chi connectivity index (χ3n) is 1.95. The summed E-state index contributed by atoms with van der Waals surface area (Å²) in [6, 6.07) is 5.01. The molecular weight excluding hydrogens is 246 g/mol. The second kappa shape index (κ2) is 5.30. The molecule has 0 amide bonds. The van der Waals surface area contributed by atoms with Gasteiger partial charge in [-0.15, -0.1) is 11.8 Å². The summed E-state index contributed by atoms with van der Waals surface area (Å²) in [7, 11) is -3.25. The molecule has 6 heteroatoms. The lowest BCUT2D eigenvalue weighted by Gasteiger charge is -2.06. The van der Waals surface area contributed by atoms with E-state index in [1.807, 2.05) is 6.26 Å². The SMILES string of the molecule is CSc1ccc(CN=C=O)cc1S(C)(=O)=O. The van der Waals surface area contributed by atoms with Gasteiger partial charge >= 0.3 is 0 Å². The zero-order valence-corrected chi connectivity index (χ0v) is 10.6. The number of thioether (sulfide) groups is 1. The van der Waals surface area contributed by atoms with Crippen LogP contribution in [0.15, 0.2) is 33.0 Å². The van der Waals surface area contributed by atoms with E-state index in [1.165, 1.54) is 17.8 Å². The first-order chi connectivity index (χ1) is 7.49. The van der Waals surface area contributed by atoms with Crippen LogP contribution in [0.2, 0.25) is 0 Å². The molecule has 0 aliphatic heterocycles. The third-order valence-corrected chi connectivity index (χ3v) is 4.02. The predicted molar refractivity (Wildman–Crippen MR) is 63.2 cm³/mol. The van der Waals surface area contributed by atoms with Gasteiger partial charge in [-0.25, -0.2) is 18.2 Å². The fourth-order valence-corrected chi connectivity index (χ4v) is 3.20. The van der Waals surface area contributed by atoms with Gasteiger partial charge in [-0.05, 0) is 24.0 Å². The van der Waals surface area contributed by atoms with E-state index in [1.54, 1.807) is 18.2 Å². The minimum atomic E-state index is -3.25. The summed E-state index contributed by atoms with van der Waals surface area (Å²) in [6.07, 6.45) is 4.40. The number of aliphatic imine (C=N–C) groups is 1. The molecule has 0 aromatic heterocycles. The molecule has 0 N–H and O–H groups in total. The van der Waals surface area contributed by atoms with Crippen LogP contribution in [0.1, 0.15) is 5.56 Å². The van der Waals surface area contributed by atoms with Gasteiger partial charge in [0.1, 0.15) is 0 Å². The first kappa shape index (κ1) is 13.0. The summed E-state index contributed by atoms with van der Waals surface area (Å²) < 4.78 is 23.0. The van der Waals surface area contributed by atoms with Crippen LogP contribution in [-0.4, -0.2) is 27.0 Å². The Labute approximate surface area is 98.7 Å². The molecule has 0 bridgehead atoms. The summed E-state index contributed by atoms with van der Waals surface area (Å²) in [4.78, 5) is 14.4. The lowest BCUT2D eigenvalue weighted by atomic mass is 10.2. The number of rotatable bonds is 4. The molecule has 86 valence electrons. The van der Waals surface area contributed by atoms with Gasteiger partial charge in [0.2, 0.25) is 6.08 Å². The van der Waals surface area contributed by atoms with E-state index in [9.17, 15) is 13.2 Å². The van der Waals surface area contributed by atoms with Crippen molar-refractivity contribution < 1.29 is 13.2 Å². The zero-order chi connectivity index (χ0) is 12.2. The average Bonchev–Trinajstić information content (AvgIpc) is 2.24. The van der Waals surface area contributed by atoms with Crippen molar-refractivity contribution >= 4 is 27.7 Å². The highest BCUT2D eigenvalue weighted by molar-refractivity contribution is 7.99. The summed E-state index contributed by atoms with van der Waals surface area (Å²) in [5.74, 6) is 0. The molecule has 0 aliphatic rings. The highest BCUT2D eigenvalue weighted by Crippen LogP contribution is 2.26. The van der Waals surface area contributed by atoms with Crippen molar-refractivity contribution in [3.63, 3.8) is 0 Å². The number of hydrogen-bond acceptors (Lipinski definition) is 5. The molecule has 0 unspecified atom stereocenters. The zero-order valence-electron chi connectivity index (χ0n) is 8.93. The van der Waals surface area contributed by atoms with E-state index >= 15 is 0 Å². The van der Waals surface area contributed by atoms with E-state index in [0.29, 0.717) is 10.5 Å². The third kappa shape index (κ3) is 3.20. The molecule has 1 rings (SSSR count). The second-order valence-corrected chi connectivity index (χ2v) is 6.00. The quantitative estimate of drug-likeness (QED) is 0.467. The molecule has 1 aromatic rings. The highest BCUT2D eigenvalue weighted by atomic mass is 32.2. The molecule has 0 atom stereocenters. The monoisotopic (exact) mass is 257 g/mol. The fourth-order valence-electron chi connectivity index (χ4n) is 1.23. The standard InChI is InChI=1S/C10H11NO3S2/c1-15-9-4-3-8(6-11-7-12)5-10(9)16(2,13)14/h3-5H,6H2,1-2H3. The van der Waals surface area contributed by atoms with Crippen LogP contribution < -0.4 is 0 Å². The Morgan fingerprint density at radius 2 is 2.12 bits per heavy atom. The summed E-state index contributed by atoms with van der Waals surface area (Å²) >= 11 is 1.37. The second-order valence-electron chi connectivity index (χ2n) is 3.16. The Hall–Kier alpha value is -1.10. The van der Waals surface area contributed by atoms with Gasteiger partial charge in [-0.2, -0.15) is 0 Å². The van der Waals surface area contributed by atoms with Gasteiger partial charge in [0.15, 0.2) is 9.84 Å².